The predicted octanol–water partition coefficient (Wildman–Crippen LogP) is 3.62. The van der Waals surface area contributed by atoms with Gasteiger partial charge < -0.3 is 4.98 Å². The Morgan fingerprint density at radius 2 is 1.90 bits per heavy atom. The number of benzene rings is 1. The zero-order valence-corrected chi connectivity index (χ0v) is 17.2. The third-order valence-corrected chi connectivity index (χ3v) is 5.15. The van der Waals surface area contributed by atoms with E-state index in [1.54, 1.807) is 10.6 Å². The number of nitrogens with one attached hydrogen (secondary N) is 1. The van der Waals surface area contributed by atoms with Crippen LogP contribution in [0.5, 0.6) is 0 Å². The number of aryl methyl sites for hydroxylation is 2. The van der Waals surface area contributed by atoms with Crippen LogP contribution >= 0.6 is 11.6 Å². The van der Waals surface area contributed by atoms with Crippen molar-refractivity contribution in [1.82, 2.24) is 19.1 Å². The molecule has 2 aromatic heterocycles. The fourth-order valence-electron chi connectivity index (χ4n) is 3.45. The smallest absolute Gasteiger partial charge is 0.323 e. The van der Waals surface area contributed by atoms with Gasteiger partial charge in [0.15, 0.2) is 11.2 Å². The van der Waals surface area contributed by atoms with Crippen LogP contribution in [0.1, 0.15) is 50.2 Å². The van der Waals surface area contributed by atoms with E-state index in [2.05, 4.69) is 23.0 Å². The number of nitrogens with zero attached hydrogens (tertiary/aromatic N) is 4. The van der Waals surface area contributed by atoms with Gasteiger partial charge in [-0.2, -0.15) is 10.2 Å². The largest absolute Gasteiger partial charge is 0.332 e. The van der Waals surface area contributed by atoms with Gasteiger partial charge in [-0.1, -0.05) is 31.9 Å². The van der Waals surface area contributed by atoms with Crippen LogP contribution in [0.2, 0.25) is 5.28 Å². The highest BCUT2D eigenvalue weighted by atomic mass is 35.5. The molecule has 29 heavy (non-hydrogen) atoms. The molecule has 3 aromatic rings. The van der Waals surface area contributed by atoms with Gasteiger partial charge in [-0.3, -0.25) is 13.9 Å². The second-order valence-corrected chi connectivity index (χ2v) is 7.45. The molecule has 0 bridgehead atoms. The summed E-state index contributed by atoms with van der Waals surface area (Å²) in [6.45, 7) is 2.93. The van der Waals surface area contributed by atoms with E-state index in [9.17, 15) is 9.59 Å². The summed E-state index contributed by atoms with van der Waals surface area (Å²) >= 11 is 5.96. The van der Waals surface area contributed by atoms with Crippen molar-refractivity contribution in [2.45, 2.75) is 58.5 Å². The molecule has 7 nitrogen and oxygen atoms in total. The summed E-state index contributed by atoms with van der Waals surface area (Å²) in [6, 6.07) is 9.62. The molecule has 1 aromatic carbocycles. The maximum atomic E-state index is 12.9. The number of hydrogen-bond donors (Lipinski definition) is 1. The minimum absolute atomic E-state index is 0.107. The van der Waals surface area contributed by atoms with Crippen LogP contribution in [0.25, 0.3) is 11.2 Å². The highest BCUT2D eigenvalue weighted by molar-refractivity contribution is 6.28. The number of fused-ring (bicyclic) bond motifs is 1. The SMILES string of the molecule is CCCCCn1c(=O)n(CCCCc2cccc(C#N)c2)c(=O)c2[nH]c(Cl)nc21. The Morgan fingerprint density at radius 3 is 2.66 bits per heavy atom. The number of H-pyrrole nitrogens is 1. The van der Waals surface area contributed by atoms with Crippen LogP contribution in [0.15, 0.2) is 33.9 Å². The molecule has 8 heteroatoms. The van der Waals surface area contributed by atoms with E-state index in [0.29, 0.717) is 30.7 Å². The Kier molecular flexibility index (Phi) is 6.89. The Morgan fingerprint density at radius 1 is 1.14 bits per heavy atom. The van der Waals surface area contributed by atoms with Crippen molar-refractivity contribution in [2.75, 3.05) is 0 Å². The lowest BCUT2D eigenvalue weighted by atomic mass is 10.1. The van der Waals surface area contributed by atoms with E-state index in [-0.39, 0.29) is 22.0 Å². The van der Waals surface area contributed by atoms with Crippen LogP contribution in [0, 0.1) is 11.3 Å². The Balaban J connectivity index is 1.78. The molecule has 0 saturated heterocycles. The highest BCUT2D eigenvalue weighted by Crippen LogP contribution is 2.12. The zero-order chi connectivity index (χ0) is 20.8. The van der Waals surface area contributed by atoms with E-state index in [1.807, 2.05) is 18.2 Å². The third kappa shape index (κ3) is 4.77. The summed E-state index contributed by atoms with van der Waals surface area (Å²) in [5.41, 5.74) is 1.58. The molecule has 0 radical (unpaired) electrons. The first-order chi connectivity index (χ1) is 14.0. The van der Waals surface area contributed by atoms with E-state index >= 15 is 0 Å². The topological polar surface area (TPSA) is 96.5 Å². The van der Waals surface area contributed by atoms with E-state index in [4.69, 9.17) is 16.9 Å². The maximum absolute atomic E-state index is 12.9. The molecule has 0 aliphatic carbocycles. The number of aromatic amines is 1. The standard InChI is InChI=1S/C21H24ClN5O2/c1-2-3-5-11-26-18-17(24-20(22)25-18)19(28)27(21(26)29)12-6-4-8-15-9-7-10-16(13-15)14-23/h7,9-10,13H,2-6,8,11-12H2,1H3,(H,24,25). The second kappa shape index (κ2) is 9.57. The van der Waals surface area contributed by atoms with Gasteiger partial charge >= 0.3 is 5.69 Å². The first-order valence-corrected chi connectivity index (χ1v) is 10.3. The van der Waals surface area contributed by atoms with Crippen LogP contribution < -0.4 is 11.2 Å². The summed E-state index contributed by atoms with van der Waals surface area (Å²) in [5, 5.41) is 9.10. The lowest BCUT2D eigenvalue weighted by Crippen LogP contribution is -2.40. The lowest BCUT2D eigenvalue weighted by Gasteiger charge is -2.11. The summed E-state index contributed by atoms with van der Waals surface area (Å²) in [7, 11) is 0. The Labute approximate surface area is 173 Å². The number of rotatable bonds is 9. The average Bonchev–Trinajstić information content (AvgIpc) is 3.11. The van der Waals surface area contributed by atoms with Crippen molar-refractivity contribution in [2.24, 2.45) is 0 Å². The number of nitriles is 1. The molecule has 0 aliphatic heterocycles. The van der Waals surface area contributed by atoms with Gasteiger partial charge in [-0.25, -0.2) is 4.79 Å². The van der Waals surface area contributed by atoms with Gasteiger partial charge in [0.05, 0.1) is 11.6 Å². The van der Waals surface area contributed by atoms with Crippen LogP contribution in [0.3, 0.4) is 0 Å². The zero-order valence-electron chi connectivity index (χ0n) is 16.4. The average molecular weight is 414 g/mol. The molecule has 0 amide bonds. The number of unbranched alkanes of at least 4 members (excludes halogenated alkanes) is 3. The normalized spacial score (nSPS) is 11.1. The van der Waals surface area contributed by atoms with Gasteiger partial charge in [-0.15, -0.1) is 0 Å². The molecule has 0 fully saturated rings. The first-order valence-electron chi connectivity index (χ1n) is 9.93. The van der Waals surface area contributed by atoms with E-state index in [0.717, 1.165) is 37.7 Å². The highest BCUT2D eigenvalue weighted by Gasteiger charge is 2.16. The van der Waals surface area contributed by atoms with Crippen molar-refractivity contribution >= 4 is 22.8 Å². The molecular formula is C21H24ClN5O2. The van der Waals surface area contributed by atoms with Crippen molar-refractivity contribution in [3.05, 3.63) is 61.5 Å². The van der Waals surface area contributed by atoms with Crippen LogP contribution in [-0.2, 0) is 19.5 Å². The summed E-state index contributed by atoms with van der Waals surface area (Å²) in [5.74, 6) is 0. The monoisotopic (exact) mass is 413 g/mol. The van der Waals surface area contributed by atoms with Gasteiger partial charge in [0.25, 0.3) is 5.56 Å². The van der Waals surface area contributed by atoms with Crippen molar-refractivity contribution in [3.8, 4) is 6.07 Å². The lowest BCUT2D eigenvalue weighted by molar-refractivity contribution is 0.518. The van der Waals surface area contributed by atoms with Crippen molar-refractivity contribution in [3.63, 3.8) is 0 Å². The van der Waals surface area contributed by atoms with Crippen LogP contribution in [-0.4, -0.2) is 19.1 Å². The maximum Gasteiger partial charge on any atom is 0.332 e. The number of aromatic nitrogens is 4. The molecule has 1 N–H and O–H groups in total. The molecule has 0 saturated carbocycles. The summed E-state index contributed by atoms with van der Waals surface area (Å²) < 4.78 is 2.82. The van der Waals surface area contributed by atoms with E-state index < -0.39 is 0 Å². The second-order valence-electron chi connectivity index (χ2n) is 7.09. The fourth-order valence-corrected chi connectivity index (χ4v) is 3.63. The quantitative estimate of drug-likeness (QED) is 0.428. The summed E-state index contributed by atoms with van der Waals surface area (Å²) in [6.07, 6.45) is 5.13. The number of halogens is 1. The van der Waals surface area contributed by atoms with Gasteiger partial charge in [-0.05, 0) is 55.0 Å². The van der Waals surface area contributed by atoms with Crippen molar-refractivity contribution < 1.29 is 0 Å². The summed E-state index contributed by atoms with van der Waals surface area (Å²) in [4.78, 5) is 32.6. The third-order valence-electron chi connectivity index (χ3n) is 4.97. The molecule has 152 valence electrons. The molecule has 0 aliphatic rings. The minimum Gasteiger partial charge on any atom is -0.323 e. The van der Waals surface area contributed by atoms with Gasteiger partial charge in [0, 0.05) is 13.1 Å². The van der Waals surface area contributed by atoms with Gasteiger partial charge in [0.2, 0.25) is 5.28 Å². The van der Waals surface area contributed by atoms with Gasteiger partial charge in [0.1, 0.15) is 0 Å². The molecular weight excluding hydrogens is 390 g/mol. The minimum atomic E-state index is -0.386. The molecule has 3 rings (SSSR count). The fraction of sp³-hybridized carbons (Fsp3) is 0.429. The molecule has 0 unspecified atom stereocenters. The Bertz CT molecular complexity index is 1150. The first kappa shape index (κ1) is 20.9. The van der Waals surface area contributed by atoms with Crippen LogP contribution in [0.4, 0.5) is 0 Å². The Hall–Kier alpha value is -2.85. The van der Waals surface area contributed by atoms with E-state index in [1.165, 1.54) is 4.57 Å². The number of imidazole rings is 1. The molecule has 2 heterocycles. The number of hydrogen-bond acceptors (Lipinski definition) is 4. The van der Waals surface area contributed by atoms with Crippen molar-refractivity contribution in [1.29, 1.82) is 5.26 Å². The predicted molar refractivity (Wildman–Crippen MR) is 113 cm³/mol. The molecule has 0 atom stereocenters. The molecule has 0 spiro atoms.